The molecule has 1 atom stereocenters. The summed E-state index contributed by atoms with van der Waals surface area (Å²) in [5.41, 5.74) is 5.28. The van der Waals surface area contributed by atoms with E-state index in [4.69, 9.17) is 15.3 Å². The maximum absolute atomic E-state index is 12.3. The third-order valence-corrected chi connectivity index (χ3v) is 4.42. The van der Waals surface area contributed by atoms with Crippen LogP contribution in [-0.4, -0.2) is 19.5 Å². The maximum Gasteiger partial charge on any atom is 0.337 e. The molecule has 1 unspecified atom stereocenters. The Kier molecular flexibility index (Phi) is 4.01. The van der Waals surface area contributed by atoms with Crippen molar-refractivity contribution in [3.05, 3.63) is 47.9 Å². The molecule has 4 N–H and O–H groups in total. The van der Waals surface area contributed by atoms with E-state index in [0.29, 0.717) is 5.76 Å². The molecule has 0 bridgehead atoms. The van der Waals surface area contributed by atoms with Gasteiger partial charge in [-0.3, -0.25) is 0 Å². The summed E-state index contributed by atoms with van der Waals surface area (Å²) in [7, 11) is -4.02. The Hall–Kier alpha value is -2.32. The van der Waals surface area contributed by atoms with Gasteiger partial charge in [-0.15, -0.1) is 0 Å². The first-order chi connectivity index (χ1) is 9.81. The van der Waals surface area contributed by atoms with Gasteiger partial charge in [0.1, 0.15) is 5.76 Å². The maximum atomic E-state index is 12.3. The molecule has 0 fully saturated rings. The molecule has 8 heteroatoms. The van der Waals surface area contributed by atoms with Crippen molar-refractivity contribution in [1.82, 2.24) is 4.72 Å². The highest BCUT2D eigenvalue weighted by Crippen LogP contribution is 2.22. The van der Waals surface area contributed by atoms with Crippen LogP contribution in [0.15, 0.2) is 45.9 Å². The second-order valence-corrected chi connectivity index (χ2v) is 6.10. The number of hydrogen-bond acceptors (Lipinski definition) is 5. The number of nitrogen functional groups attached to an aromatic ring is 1. The normalized spacial score (nSPS) is 13.0. The van der Waals surface area contributed by atoms with Gasteiger partial charge >= 0.3 is 5.97 Å². The molecule has 0 aliphatic rings. The summed E-state index contributed by atoms with van der Waals surface area (Å²) in [4.78, 5) is 10.8. The van der Waals surface area contributed by atoms with Crippen molar-refractivity contribution in [3.63, 3.8) is 0 Å². The molecule has 0 aliphatic carbocycles. The van der Waals surface area contributed by atoms with Crippen molar-refractivity contribution >= 4 is 21.7 Å². The molecular formula is C13H14N2O5S. The Morgan fingerprint density at radius 1 is 1.38 bits per heavy atom. The van der Waals surface area contributed by atoms with Crippen LogP contribution in [0, 0.1) is 0 Å². The van der Waals surface area contributed by atoms with Gasteiger partial charge in [0.25, 0.3) is 0 Å². The SMILES string of the molecule is CC(NS(=O)(=O)c1ccc(N)cc1C(=O)O)c1ccco1. The molecule has 2 aromatic rings. The van der Waals surface area contributed by atoms with E-state index in [9.17, 15) is 13.2 Å². The number of carboxylic acids is 1. The summed E-state index contributed by atoms with van der Waals surface area (Å²) >= 11 is 0. The molecule has 1 aromatic carbocycles. The second kappa shape index (κ2) is 5.58. The van der Waals surface area contributed by atoms with Crippen LogP contribution in [0.5, 0.6) is 0 Å². The number of hydrogen-bond donors (Lipinski definition) is 3. The quantitative estimate of drug-likeness (QED) is 0.721. The average molecular weight is 310 g/mol. The van der Waals surface area contributed by atoms with Crippen molar-refractivity contribution in [3.8, 4) is 0 Å². The van der Waals surface area contributed by atoms with E-state index in [0.717, 1.165) is 12.1 Å². The molecule has 1 aromatic heterocycles. The number of benzene rings is 1. The lowest BCUT2D eigenvalue weighted by Gasteiger charge is -2.14. The van der Waals surface area contributed by atoms with E-state index in [-0.39, 0.29) is 16.1 Å². The van der Waals surface area contributed by atoms with E-state index in [1.807, 2.05) is 0 Å². The Bertz CT molecular complexity index is 753. The van der Waals surface area contributed by atoms with Crippen molar-refractivity contribution in [2.45, 2.75) is 17.9 Å². The predicted molar refractivity (Wildman–Crippen MR) is 75.3 cm³/mol. The number of anilines is 1. The van der Waals surface area contributed by atoms with Gasteiger partial charge < -0.3 is 15.3 Å². The molecule has 0 radical (unpaired) electrons. The first-order valence-electron chi connectivity index (χ1n) is 6.00. The number of sulfonamides is 1. The monoisotopic (exact) mass is 310 g/mol. The molecule has 0 saturated heterocycles. The van der Waals surface area contributed by atoms with Gasteiger partial charge in [-0.05, 0) is 37.3 Å². The molecule has 21 heavy (non-hydrogen) atoms. The fourth-order valence-corrected chi connectivity index (χ4v) is 3.23. The lowest BCUT2D eigenvalue weighted by Crippen LogP contribution is -2.28. The van der Waals surface area contributed by atoms with E-state index in [1.54, 1.807) is 19.1 Å². The minimum absolute atomic E-state index is 0.172. The fourth-order valence-electron chi connectivity index (χ4n) is 1.84. The van der Waals surface area contributed by atoms with Gasteiger partial charge in [0, 0.05) is 5.69 Å². The summed E-state index contributed by atoms with van der Waals surface area (Å²) in [6.45, 7) is 1.59. The zero-order chi connectivity index (χ0) is 15.6. The van der Waals surface area contributed by atoms with Crippen molar-refractivity contribution < 1.29 is 22.7 Å². The molecule has 0 amide bonds. The van der Waals surface area contributed by atoms with Gasteiger partial charge in [0.05, 0.1) is 22.8 Å². The molecule has 0 spiro atoms. The molecule has 2 rings (SSSR count). The zero-order valence-electron chi connectivity index (χ0n) is 11.1. The van der Waals surface area contributed by atoms with Gasteiger partial charge in [-0.1, -0.05) is 0 Å². The van der Waals surface area contributed by atoms with Crippen LogP contribution in [0.4, 0.5) is 5.69 Å². The van der Waals surface area contributed by atoms with Crippen molar-refractivity contribution in [2.75, 3.05) is 5.73 Å². The van der Waals surface area contributed by atoms with E-state index in [1.165, 1.54) is 12.3 Å². The summed E-state index contributed by atoms with van der Waals surface area (Å²) in [5, 5.41) is 9.11. The zero-order valence-corrected chi connectivity index (χ0v) is 11.9. The van der Waals surface area contributed by atoms with Crippen LogP contribution in [0.3, 0.4) is 0 Å². The highest BCUT2D eigenvalue weighted by Gasteiger charge is 2.25. The largest absolute Gasteiger partial charge is 0.478 e. The first kappa shape index (κ1) is 15.1. The Balaban J connectivity index is 2.38. The summed E-state index contributed by atoms with van der Waals surface area (Å²) in [5.74, 6) is -0.945. The van der Waals surface area contributed by atoms with Gasteiger partial charge in [0.15, 0.2) is 0 Å². The third-order valence-electron chi connectivity index (χ3n) is 2.83. The lowest BCUT2D eigenvalue weighted by molar-refractivity contribution is 0.0692. The molecular weight excluding hydrogens is 296 g/mol. The predicted octanol–water partition coefficient (Wildman–Crippen LogP) is 1.60. The number of furan rings is 1. The van der Waals surface area contributed by atoms with E-state index in [2.05, 4.69) is 4.72 Å². The Morgan fingerprint density at radius 3 is 2.67 bits per heavy atom. The molecule has 7 nitrogen and oxygen atoms in total. The van der Waals surface area contributed by atoms with Gasteiger partial charge in [-0.2, -0.15) is 0 Å². The lowest BCUT2D eigenvalue weighted by atomic mass is 10.2. The van der Waals surface area contributed by atoms with Crippen LogP contribution in [0.25, 0.3) is 0 Å². The topological polar surface area (TPSA) is 123 Å². The standard InChI is InChI=1S/C13H14N2O5S/c1-8(11-3-2-6-20-11)15-21(18,19)12-5-4-9(14)7-10(12)13(16)17/h2-8,15H,14H2,1H3,(H,16,17). The van der Waals surface area contributed by atoms with Gasteiger partial charge in [0.2, 0.25) is 10.0 Å². The number of nitrogens with one attached hydrogen (secondary N) is 1. The van der Waals surface area contributed by atoms with Crippen LogP contribution >= 0.6 is 0 Å². The molecule has 112 valence electrons. The van der Waals surface area contributed by atoms with E-state index >= 15 is 0 Å². The number of carboxylic acid groups (broad SMARTS) is 1. The highest BCUT2D eigenvalue weighted by atomic mass is 32.2. The van der Waals surface area contributed by atoms with Crippen LogP contribution in [0.2, 0.25) is 0 Å². The van der Waals surface area contributed by atoms with E-state index < -0.39 is 22.0 Å². The van der Waals surface area contributed by atoms with Crippen molar-refractivity contribution in [2.24, 2.45) is 0 Å². The Morgan fingerprint density at radius 2 is 2.10 bits per heavy atom. The summed E-state index contributed by atoms with van der Waals surface area (Å²) in [6, 6.07) is 6.22. The summed E-state index contributed by atoms with van der Waals surface area (Å²) in [6.07, 6.45) is 1.42. The Labute approximate surface area is 121 Å². The number of nitrogens with two attached hydrogens (primary N) is 1. The molecule has 0 aliphatic heterocycles. The van der Waals surface area contributed by atoms with Crippen molar-refractivity contribution in [1.29, 1.82) is 0 Å². The highest BCUT2D eigenvalue weighted by molar-refractivity contribution is 7.89. The molecule has 0 saturated carbocycles. The third kappa shape index (κ3) is 3.23. The number of aromatic carboxylic acids is 1. The van der Waals surface area contributed by atoms with Crippen LogP contribution < -0.4 is 10.5 Å². The minimum atomic E-state index is -4.02. The smallest absolute Gasteiger partial charge is 0.337 e. The fraction of sp³-hybridized carbons (Fsp3) is 0.154. The van der Waals surface area contributed by atoms with Crippen LogP contribution in [-0.2, 0) is 10.0 Å². The van der Waals surface area contributed by atoms with Gasteiger partial charge in [-0.25, -0.2) is 17.9 Å². The number of carbonyl (C=O) groups is 1. The second-order valence-electron chi connectivity index (χ2n) is 4.42. The molecule has 1 heterocycles. The average Bonchev–Trinajstić information content (AvgIpc) is 2.91. The summed E-state index contributed by atoms with van der Waals surface area (Å²) < 4.78 is 32.1. The number of rotatable bonds is 5. The first-order valence-corrected chi connectivity index (χ1v) is 7.48. The minimum Gasteiger partial charge on any atom is -0.478 e. The van der Waals surface area contributed by atoms with Crippen LogP contribution in [0.1, 0.15) is 29.1 Å².